The number of para-hydroxylation sites is 1. The van der Waals surface area contributed by atoms with Gasteiger partial charge in [0.2, 0.25) is 5.91 Å². The molecule has 0 bridgehead atoms. The minimum atomic E-state index is -5.66. The highest BCUT2D eigenvalue weighted by Crippen LogP contribution is 2.22. The van der Waals surface area contributed by atoms with Crippen molar-refractivity contribution >= 4 is 26.8 Å². The maximum Gasteiger partial charge on any atom is 0.516 e. The molecule has 0 aliphatic heterocycles. The molecular weight excluding hydrogens is 297 g/mol. The van der Waals surface area contributed by atoms with Crippen LogP contribution in [0.5, 0.6) is 0 Å². The summed E-state index contributed by atoms with van der Waals surface area (Å²) in [5.74, 6) is -1.24. The number of hydrogen-bond donors (Lipinski definition) is 2. The molecule has 5 nitrogen and oxygen atoms in total. The minimum Gasteiger partial charge on any atom is -0.361 e. The van der Waals surface area contributed by atoms with Crippen LogP contribution in [0.25, 0.3) is 10.9 Å². The maximum atomic E-state index is 12.1. The van der Waals surface area contributed by atoms with Crippen LogP contribution in [0.4, 0.5) is 13.2 Å². The van der Waals surface area contributed by atoms with Crippen LogP contribution >= 0.6 is 0 Å². The van der Waals surface area contributed by atoms with E-state index in [9.17, 15) is 26.4 Å². The van der Waals surface area contributed by atoms with Gasteiger partial charge in [0.15, 0.2) is 0 Å². The quantitative estimate of drug-likeness (QED) is 0.905. The second-order valence-electron chi connectivity index (χ2n) is 4.01. The maximum absolute atomic E-state index is 12.1. The number of halogens is 3. The van der Waals surface area contributed by atoms with Gasteiger partial charge in [-0.05, 0) is 11.6 Å². The molecule has 2 rings (SSSR count). The molecule has 20 heavy (non-hydrogen) atoms. The Kier molecular flexibility index (Phi) is 3.46. The summed E-state index contributed by atoms with van der Waals surface area (Å²) in [7, 11) is -5.66. The van der Waals surface area contributed by atoms with Crippen LogP contribution in [0.15, 0.2) is 30.5 Å². The highest BCUT2D eigenvalue weighted by molar-refractivity contribution is 7.90. The number of aromatic nitrogens is 1. The summed E-state index contributed by atoms with van der Waals surface area (Å²) < 4.78 is 58.9. The van der Waals surface area contributed by atoms with Gasteiger partial charge in [-0.3, -0.25) is 4.79 Å². The predicted molar refractivity (Wildman–Crippen MR) is 65.1 cm³/mol. The number of aromatic amines is 1. The molecule has 0 atom stereocenters. The van der Waals surface area contributed by atoms with E-state index in [1.54, 1.807) is 24.3 Å². The third kappa shape index (κ3) is 2.77. The van der Waals surface area contributed by atoms with Crippen molar-refractivity contribution in [2.75, 3.05) is 0 Å². The molecule has 1 amide bonds. The molecule has 9 heteroatoms. The Bertz CT molecular complexity index is 750. The first-order chi connectivity index (χ1) is 9.21. The number of rotatable bonds is 3. The first-order valence-corrected chi connectivity index (χ1v) is 6.86. The Morgan fingerprint density at radius 2 is 1.90 bits per heavy atom. The zero-order valence-electron chi connectivity index (χ0n) is 9.86. The summed E-state index contributed by atoms with van der Waals surface area (Å²) in [5, 5.41) is 0.645. The first kappa shape index (κ1) is 14.4. The van der Waals surface area contributed by atoms with Crippen molar-refractivity contribution in [3.8, 4) is 0 Å². The lowest BCUT2D eigenvalue weighted by Crippen LogP contribution is -2.40. The van der Waals surface area contributed by atoms with Gasteiger partial charge in [-0.25, -0.2) is 4.72 Å². The van der Waals surface area contributed by atoms with E-state index in [1.165, 1.54) is 6.20 Å². The van der Waals surface area contributed by atoms with Gasteiger partial charge < -0.3 is 4.98 Å². The molecule has 0 unspecified atom stereocenters. The Morgan fingerprint density at radius 3 is 2.55 bits per heavy atom. The molecule has 0 radical (unpaired) electrons. The molecule has 0 aliphatic carbocycles. The van der Waals surface area contributed by atoms with Crippen LogP contribution < -0.4 is 4.72 Å². The molecule has 2 aromatic rings. The van der Waals surface area contributed by atoms with Crippen molar-refractivity contribution in [2.45, 2.75) is 11.9 Å². The van der Waals surface area contributed by atoms with Gasteiger partial charge in [0.05, 0.1) is 6.42 Å². The van der Waals surface area contributed by atoms with E-state index >= 15 is 0 Å². The fourth-order valence-electron chi connectivity index (χ4n) is 1.69. The third-order valence-corrected chi connectivity index (χ3v) is 3.68. The van der Waals surface area contributed by atoms with Crippen LogP contribution in [-0.4, -0.2) is 24.8 Å². The number of amides is 1. The highest BCUT2D eigenvalue weighted by atomic mass is 32.2. The Hall–Kier alpha value is -2.03. The summed E-state index contributed by atoms with van der Waals surface area (Å²) in [4.78, 5) is 14.2. The number of benzene rings is 1. The number of carbonyl (C=O) groups is 1. The Balaban J connectivity index is 2.17. The van der Waals surface area contributed by atoms with E-state index in [-0.39, 0.29) is 0 Å². The van der Waals surface area contributed by atoms with E-state index in [1.807, 2.05) is 0 Å². The van der Waals surface area contributed by atoms with Crippen LogP contribution in [0.1, 0.15) is 5.56 Å². The topological polar surface area (TPSA) is 79.0 Å². The van der Waals surface area contributed by atoms with E-state index in [0.717, 1.165) is 4.72 Å². The van der Waals surface area contributed by atoms with Crippen molar-refractivity contribution in [1.29, 1.82) is 0 Å². The average Bonchev–Trinajstić information content (AvgIpc) is 2.70. The number of sulfonamides is 1. The minimum absolute atomic E-state index is 0.412. The monoisotopic (exact) mass is 306 g/mol. The summed E-state index contributed by atoms with van der Waals surface area (Å²) in [6.45, 7) is 0. The molecular formula is C11H9F3N2O3S. The van der Waals surface area contributed by atoms with E-state index < -0.39 is 27.9 Å². The largest absolute Gasteiger partial charge is 0.516 e. The molecule has 0 spiro atoms. The summed E-state index contributed by atoms with van der Waals surface area (Å²) in [6, 6.07) is 6.84. The molecule has 1 aromatic carbocycles. The molecule has 0 aliphatic rings. The third-order valence-electron chi connectivity index (χ3n) is 2.58. The molecule has 108 valence electrons. The predicted octanol–water partition coefficient (Wildman–Crippen LogP) is 1.68. The van der Waals surface area contributed by atoms with Gasteiger partial charge in [-0.2, -0.15) is 21.6 Å². The molecule has 0 saturated carbocycles. The summed E-state index contributed by atoms with van der Waals surface area (Å²) in [6.07, 6.45) is 0.976. The van der Waals surface area contributed by atoms with Crippen LogP contribution in [0, 0.1) is 0 Å². The second kappa shape index (κ2) is 4.82. The normalized spacial score (nSPS) is 12.6. The molecule has 1 aromatic heterocycles. The van der Waals surface area contributed by atoms with Crippen molar-refractivity contribution in [3.63, 3.8) is 0 Å². The highest BCUT2D eigenvalue weighted by Gasteiger charge is 2.46. The fraction of sp³-hybridized carbons (Fsp3) is 0.182. The lowest BCUT2D eigenvalue weighted by atomic mass is 10.1. The second-order valence-corrected chi connectivity index (χ2v) is 5.68. The number of alkyl halides is 3. The lowest BCUT2D eigenvalue weighted by Gasteiger charge is -2.08. The first-order valence-electron chi connectivity index (χ1n) is 5.37. The smallest absolute Gasteiger partial charge is 0.361 e. The standard InChI is InChI=1S/C11H9F3N2O3S/c12-11(13,14)20(18,19)16-10(17)5-7-6-15-9-4-2-1-3-8(7)9/h1-4,6,15H,5H2,(H,16,17). The van der Waals surface area contributed by atoms with Crippen LogP contribution in [-0.2, 0) is 21.2 Å². The van der Waals surface area contributed by atoms with Gasteiger partial charge in [-0.15, -0.1) is 0 Å². The van der Waals surface area contributed by atoms with Gasteiger partial charge in [-0.1, -0.05) is 18.2 Å². The summed E-state index contributed by atoms with van der Waals surface area (Å²) in [5.41, 5.74) is -4.40. The molecule has 2 N–H and O–H groups in total. The van der Waals surface area contributed by atoms with Crippen molar-refractivity contribution in [3.05, 3.63) is 36.0 Å². The molecule has 0 fully saturated rings. The van der Waals surface area contributed by atoms with Crippen molar-refractivity contribution in [1.82, 2.24) is 9.71 Å². The lowest BCUT2D eigenvalue weighted by molar-refractivity contribution is -0.119. The van der Waals surface area contributed by atoms with E-state index in [4.69, 9.17) is 0 Å². The van der Waals surface area contributed by atoms with Gasteiger partial charge in [0.1, 0.15) is 0 Å². The van der Waals surface area contributed by atoms with E-state index in [0.29, 0.717) is 16.5 Å². The Morgan fingerprint density at radius 1 is 1.25 bits per heavy atom. The van der Waals surface area contributed by atoms with Crippen molar-refractivity contribution in [2.24, 2.45) is 0 Å². The number of nitrogens with one attached hydrogen (secondary N) is 2. The summed E-state index contributed by atoms with van der Waals surface area (Å²) >= 11 is 0. The SMILES string of the molecule is O=C(Cc1c[nH]c2ccccc12)NS(=O)(=O)C(F)(F)F. The number of hydrogen-bond acceptors (Lipinski definition) is 3. The van der Waals surface area contributed by atoms with Gasteiger partial charge in [0.25, 0.3) is 0 Å². The van der Waals surface area contributed by atoms with Crippen molar-refractivity contribution < 1.29 is 26.4 Å². The fourth-order valence-corrected chi connectivity index (χ4v) is 2.18. The van der Waals surface area contributed by atoms with Gasteiger partial charge in [0, 0.05) is 17.1 Å². The average molecular weight is 306 g/mol. The zero-order valence-corrected chi connectivity index (χ0v) is 10.7. The zero-order chi connectivity index (χ0) is 15.0. The van der Waals surface area contributed by atoms with Crippen LogP contribution in [0.2, 0.25) is 0 Å². The van der Waals surface area contributed by atoms with Gasteiger partial charge >= 0.3 is 15.5 Å². The number of fused-ring (bicyclic) bond motifs is 1. The molecule has 0 saturated heterocycles. The number of carbonyl (C=O) groups excluding carboxylic acids is 1. The van der Waals surface area contributed by atoms with Crippen LogP contribution in [0.3, 0.4) is 0 Å². The molecule has 1 heterocycles. The van der Waals surface area contributed by atoms with E-state index in [2.05, 4.69) is 4.98 Å². The Labute approximate surface area is 111 Å². The number of H-pyrrole nitrogens is 1.